The molecule has 3 rings (SSSR count). The number of benzene rings is 2. The zero-order valence-corrected chi connectivity index (χ0v) is 13.1. The van der Waals surface area contributed by atoms with Crippen molar-refractivity contribution in [2.24, 2.45) is 0 Å². The molecule has 0 atom stereocenters. The van der Waals surface area contributed by atoms with Crippen LogP contribution in [0.15, 0.2) is 46.9 Å². The molecule has 2 nitrogen and oxygen atoms in total. The molecule has 1 heterocycles. The van der Waals surface area contributed by atoms with Gasteiger partial charge in [-0.15, -0.1) is 0 Å². The van der Waals surface area contributed by atoms with Crippen LogP contribution in [-0.4, -0.2) is 4.98 Å². The van der Waals surface area contributed by atoms with Crippen LogP contribution in [0.5, 0.6) is 0 Å². The lowest BCUT2D eigenvalue weighted by molar-refractivity contribution is 0.620. The lowest BCUT2D eigenvalue weighted by atomic mass is 10.2. The second-order valence-electron chi connectivity index (χ2n) is 3.97. The fourth-order valence-corrected chi connectivity index (χ4v) is 2.69. The van der Waals surface area contributed by atoms with Crippen molar-refractivity contribution in [1.82, 2.24) is 4.98 Å². The van der Waals surface area contributed by atoms with Gasteiger partial charge in [0.25, 0.3) is 0 Å². The maximum Gasteiger partial charge on any atom is 0.227 e. The van der Waals surface area contributed by atoms with E-state index in [1.807, 2.05) is 30.3 Å². The first-order valence-corrected chi connectivity index (χ1v) is 7.67. The standard InChI is InChI=1S/C14H9BrINO/c15-8-9-4-5-13-12(6-9)17-14(18-13)10-2-1-3-11(16)7-10/h1-7H,8H2. The highest BCUT2D eigenvalue weighted by molar-refractivity contribution is 14.1. The van der Waals surface area contributed by atoms with Gasteiger partial charge < -0.3 is 4.42 Å². The van der Waals surface area contributed by atoms with Gasteiger partial charge in [0.1, 0.15) is 5.52 Å². The molecule has 0 N–H and O–H groups in total. The van der Waals surface area contributed by atoms with Gasteiger partial charge in [-0.1, -0.05) is 28.1 Å². The van der Waals surface area contributed by atoms with Crippen molar-refractivity contribution in [3.63, 3.8) is 0 Å². The van der Waals surface area contributed by atoms with E-state index in [2.05, 4.69) is 55.6 Å². The molecule has 4 heteroatoms. The molecule has 0 aliphatic rings. The van der Waals surface area contributed by atoms with Crippen molar-refractivity contribution in [2.75, 3.05) is 0 Å². The molecule has 0 radical (unpaired) electrons. The summed E-state index contributed by atoms with van der Waals surface area (Å²) in [4.78, 5) is 4.54. The molecule has 2 aromatic carbocycles. The van der Waals surface area contributed by atoms with Crippen LogP contribution in [0.2, 0.25) is 0 Å². The van der Waals surface area contributed by atoms with E-state index in [9.17, 15) is 0 Å². The average Bonchev–Trinajstić information content (AvgIpc) is 2.81. The predicted octanol–water partition coefficient (Wildman–Crippen LogP) is 4.99. The highest BCUT2D eigenvalue weighted by atomic mass is 127. The summed E-state index contributed by atoms with van der Waals surface area (Å²) in [5.74, 6) is 0.676. The minimum atomic E-state index is 0.676. The van der Waals surface area contributed by atoms with Gasteiger partial charge in [0, 0.05) is 14.5 Å². The molecule has 0 fully saturated rings. The van der Waals surface area contributed by atoms with Gasteiger partial charge in [-0.05, 0) is 58.5 Å². The number of hydrogen-bond acceptors (Lipinski definition) is 2. The van der Waals surface area contributed by atoms with E-state index in [0.717, 1.165) is 22.0 Å². The minimum Gasteiger partial charge on any atom is -0.436 e. The summed E-state index contributed by atoms with van der Waals surface area (Å²) in [5.41, 5.74) is 3.94. The summed E-state index contributed by atoms with van der Waals surface area (Å²) < 4.78 is 6.95. The van der Waals surface area contributed by atoms with Crippen LogP contribution in [0.25, 0.3) is 22.6 Å². The molecule has 90 valence electrons. The lowest BCUT2D eigenvalue weighted by Crippen LogP contribution is -1.78. The fraction of sp³-hybridized carbons (Fsp3) is 0.0714. The lowest BCUT2D eigenvalue weighted by Gasteiger charge is -1.94. The van der Waals surface area contributed by atoms with Crippen molar-refractivity contribution in [1.29, 1.82) is 0 Å². The smallest absolute Gasteiger partial charge is 0.227 e. The number of oxazole rings is 1. The highest BCUT2D eigenvalue weighted by Crippen LogP contribution is 2.26. The van der Waals surface area contributed by atoms with Crippen molar-refractivity contribution >= 4 is 49.6 Å². The molecule has 1 aromatic heterocycles. The molecule has 0 unspecified atom stereocenters. The first kappa shape index (κ1) is 12.2. The Bertz CT molecular complexity index is 708. The third-order valence-electron chi connectivity index (χ3n) is 2.68. The Morgan fingerprint density at radius 2 is 2.06 bits per heavy atom. The number of alkyl halides is 1. The van der Waals surface area contributed by atoms with Gasteiger partial charge in [-0.3, -0.25) is 0 Å². The monoisotopic (exact) mass is 413 g/mol. The van der Waals surface area contributed by atoms with Crippen LogP contribution in [0.1, 0.15) is 5.56 Å². The Balaban J connectivity index is 2.13. The third kappa shape index (κ3) is 2.31. The zero-order valence-electron chi connectivity index (χ0n) is 9.36. The summed E-state index contributed by atoms with van der Waals surface area (Å²) in [6.07, 6.45) is 0. The SMILES string of the molecule is BrCc1ccc2oc(-c3cccc(I)c3)nc2c1. The maximum absolute atomic E-state index is 5.78. The average molecular weight is 414 g/mol. The van der Waals surface area contributed by atoms with Gasteiger partial charge in [0.15, 0.2) is 5.58 Å². The molecule has 0 aliphatic carbocycles. The van der Waals surface area contributed by atoms with Crippen LogP contribution in [0, 0.1) is 3.57 Å². The van der Waals surface area contributed by atoms with E-state index in [4.69, 9.17) is 4.42 Å². The van der Waals surface area contributed by atoms with E-state index >= 15 is 0 Å². The van der Waals surface area contributed by atoms with Gasteiger partial charge >= 0.3 is 0 Å². The first-order chi connectivity index (χ1) is 8.76. The number of rotatable bonds is 2. The minimum absolute atomic E-state index is 0.676. The van der Waals surface area contributed by atoms with Crippen LogP contribution >= 0.6 is 38.5 Å². The Labute approximate surface area is 127 Å². The number of nitrogens with zero attached hydrogens (tertiary/aromatic N) is 1. The van der Waals surface area contributed by atoms with Crippen LogP contribution in [0.4, 0.5) is 0 Å². The molecule has 0 saturated carbocycles. The first-order valence-electron chi connectivity index (χ1n) is 5.47. The van der Waals surface area contributed by atoms with Crippen LogP contribution < -0.4 is 0 Å². The Hall–Kier alpha value is -0.880. The summed E-state index contributed by atoms with van der Waals surface area (Å²) >= 11 is 5.73. The molecule has 18 heavy (non-hydrogen) atoms. The van der Waals surface area contributed by atoms with Gasteiger partial charge in [-0.2, -0.15) is 0 Å². The second-order valence-corrected chi connectivity index (χ2v) is 5.77. The van der Waals surface area contributed by atoms with E-state index < -0.39 is 0 Å². The predicted molar refractivity (Wildman–Crippen MR) is 84.8 cm³/mol. The number of fused-ring (bicyclic) bond motifs is 1. The molecule has 0 bridgehead atoms. The van der Waals surface area contributed by atoms with Crippen molar-refractivity contribution < 1.29 is 4.42 Å². The normalized spacial score (nSPS) is 11.0. The fourth-order valence-electron chi connectivity index (χ4n) is 1.80. The summed E-state index contributed by atoms with van der Waals surface area (Å²) in [6, 6.07) is 14.2. The van der Waals surface area contributed by atoms with E-state index in [-0.39, 0.29) is 0 Å². The quantitative estimate of drug-likeness (QED) is 0.436. The topological polar surface area (TPSA) is 26.0 Å². The number of aromatic nitrogens is 1. The number of halogens is 2. The van der Waals surface area contributed by atoms with Gasteiger partial charge in [0.05, 0.1) is 0 Å². The summed E-state index contributed by atoms with van der Waals surface area (Å²) in [5, 5.41) is 0.828. The largest absolute Gasteiger partial charge is 0.436 e. The molecular weight excluding hydrogens is 405 g/mol. The van der Waals surface area contributed by atoms with Gasteiger partial charge in [0.2, 0.25) is 5.89 Å². The van der Waals surface area contributed by atoms with Crippen LogP contribution in [-0.2, 0) is 5.33 Å². The molecule has 3 aromatic rings. The van der Waals surface area contributed by atoms with E-state index in [0.29, 0.717) is 5.89 Å². The second kappa shape index (κ2) is 5.01. The van der Waals surface area contributed by atoms with E-state index in [1.54, 1.807) is 0 Å². The van der Waals surface area contributed by atoms with Crippen molar-refractivity contribution in [3.05, 3.63) is 51.6 Å². The van der Waals surface area contributed by atoms with Crippen molar-refractivity contribution in [3.8, 4) is 11.5 Å². The Kier molecular flexibility index (Phi) is 3.39. The third-order valence-corrected chi connectivity index (χ3v) is 4.00. The Morgan fingerprint density at radius 3 is 2.83 bits per heavy atom. The molecule has 0 spiro atoms. The van der Waals surface area contributed by atoms with Crippen LogP contribution in [0.3, 0.4) is 0 Å². The number of hydrogen-bond donors (Lipinski definition) is 0. The maximum atomic E-state index is 5.78. The molecule has 0 saturated heterocycles. The van der Waals surface area contributed by atoms with E-state index in [1.165, 1.54) is 9.13 Å². The molecular formula is C14H9BrINO. The van der Waals surface area contributed by atoms with Gasteiger partial charge in [-0.25, -0.2) is 4.98 Å². The zero-order chi connectivity index (χ0) is 12.5. The summed E-state index contributed by atoms with van der Waals surface area (Å²) in [6.45, 7) is 0. The highest BCUT2D eigenvalue weighted by Gasteiger charge is 2.08. The molecule has 0 aliphatic heterocycles. The Morgan fingerprint density at radius 1 is 1.17 bits per heavy atom. The summed E-state index contributed by atoms with van der Waals surface area (Å²) in [7, 11) is 0. The van der Waals surface area contributed by atoms with Crippen molar-refractivity contribution in [2.45, 2.75) is 5.33 Å². The molecule has 0 amide bonds.